The zero-order valence-electron chi connectivity index (χ0n) is 13.1. The molecule has 0 radical (unpaired) electrons. The summed E-state index contributed by atoms with van der Waals surface area (Å²) in [5.74, 6) is 0.847. The maximum atomic E-state index is 5.80. The highest BCUT2D eigenvalue weighted by molar-refractivity contribution is 7.80. The number of benzene rings is 1. The van der Waals surface area contributed by atoms with E-state index in [1.54, 1.807) is 0 Å². The van der Waals surface area contributed by atoms with Crippen molar-refractivity contribution in [3.63, 3.8) is 0 Å². The molecule has 3 nitrogen and oxygen atoms in total. The van der Waals surface area contributed by atoms with Crippen molar-refractivity contribution in [3.05, 3.63) is 29.8 Å². The monoisotopic (exact) mass is 306 g/mol. The normalized spacial score (nSPS) is 18.4. The van der Waals surface area contributed by atoms with Gasteiger partial charge < -0.3 is 15.4 Å². The molecule has 2 rings (SSSR count). The molecule has 21 heavy (non-hydrogen) atoms. The van der Waals surface area contributed by atoms with E-state index in [2.05, 4.69) is 18.7 Å². The lowest BCUT2D eigenvalue weighted by atomic mass is 9.84. The van der Waals surface area contributed by atoms with Crippen LogP contribution in [-0.2, 0) is 0 Å². The Kier molecular flexibility index (Phi) is 5.59. The lowest BCUT2D eigenvalue weighted by molar-refractivity contribution is 0.111. The highest BCUT2D eigenvalue weighted by Crippen LogP contribution is 2.28. The Hall–Kier alpha value is -1.13. The highest BCUT2D eigenvalue weighted by atomic mass is 32.1. The summed E-state index contributed by atoms with van der Waals surface area (Å²) in [6, 6.07) is 7.69. The molecule has 1 aliphatic rings. The fourth-order valence-electron chi connectivity index (χ4n) is 2.95. The standard InChI is InChI=1S/C17H26N2OS/c1-17(2)8-4-9-19(13-17)10-5-11-20-15-7-3-6-14(12-15)16(18)21/h3,6-7,12H,4-5,8-11,13H2,1-2H3,(H2,18,21). The molecule has 0 aliphatic carbocycles. The average Bonchev–Trinajstić information content (AvgIpc) is 2.43. The number of nitrogens with zero attached hydrogens (tertiary/aromatic N) is 1. The fourth-order valence-corrected chi connectivity index (χ4v) is 3.08. The summed E-state index contributed by atoms with van der Waals surface area (Å²) in [6.45, 7) is 8.98. The van der Waals surface area contributed by atoms with E-state index in [0.717, 1.165) is 30.9 Å². The van der Waals surface area contributed by atoms with E-state index in [1.165, 1.54) is 25.9 Å². The molecule has 2 N–H and O–H groups in total. The van der Waals surface area contributed by atoms with Gasteiger partial charge in [-0.05, 0) is 43.4 Å². The van der Waals surface area contributed by atoms with Gasteiger partial charge in [0.2, 0.25) is 0 Å². The Morgan fingerprint density at radius 2 is 2.24 bits per heavy atom. The quantitative estimate of drug-likeness (QED) is 0.647. The van der Waals surface area contributed by atoms with Crippen LogP contribution in [0.15, 0.2) is 24.3 Å². The van der Waals surface area contributed by atoms with E-state index < -0.39 is 0 Å². The second-order valence-electron chi connectivity index (χ2n) is 6.64. The first-order valence-electron chi connectivity index (χ1n) is 7.71. The van der Waals surface area contributed by atoms with Gasteiger partial charge in [-0.15, -0.1) is 0 Å². The number of hydrogen-bond acceptors (Lipinski definition) is 3. The smallest absolute Gasteiger partial charge is 0.119 e. The average molecular weight is 306 g/mol. The minimum absolute atomic E-state index is 0.413. The van der Waals surface area contributed by atoms with Gasteiger partial charge in [0.1, 0.15) is 10.7 Å². The maximum Gasteiger partial charge on any atom is 0.119 e. The molecule has 0 spiro atoms. The summed E-state index contributed by atoms with van der Waals surface area (Å²) in [5, 5.41) is 0. The van der Waals surface area contributed by atoms with Crippen molar-refractivity contribution in [1.29, 1.82) is 0 Å². The first-order chi connectivity index (χ1) is 9.96. The van der Waals surface area contributed by atoms with Crippen molar-refractivity contribution in [3.8, 4) is 5.75 Å². The minimum Gasteiger partial charge on any atom is -0.494 e. The largest absolute Gasteiger partial charge is 0.494 e. The lowest BCUT2D eigenvalue weighted by Crippen LogP contribution is -2.40. The van der Waals surface area contributed by atoms with Crippen LogP contribution in [0.1, 0.15) is 38.7 Å². The first kappa shape index (κ1) is 16.2. The van der Waals surface area contributed by atoms with Gasteiger partial charge in [-0.2, -0.15) is 0 Å². The predicted octanol–water partition coefficient (Wildman–Crippen LogP) is 3.21. The van der Waals surface area contributed by atoms with E-state index in [4.69, 9.17) is 22.7 Å². The number of rotatable bonds is 6. The third-order valence-corrected chi connectivity index (χ3v) is 4.22. The van der Waals surface area contributed by atoms with Gasteiger partial charge >= 0.3 is 0 Å². The van der Waals surface area contributed by atoms with Crippen molar-refractivity contribution in [2.75, 3.05) is 26.2 Å². The fraction of sp³-hybridized carbons (Fsp3) is 0.588. The molecule has 4 heteroatoms. The Bertz CT molecular complexity index is 487. The zero-order chi connectivity index (χ0) is 15.3. The molecule has 0 atom stereocenters. The Morgan fingerprint density at radius 1 is 1.43 bits per heavy atom. The first-order valence-corrected chi connectivity index (χ1v) is 8.12. The number of piperidine rings is 1. The Labute approximate surface area is 133 Å². The van der Waals surface area contributed by atoms with Gasteiger partial charge in [-0.25, -0.2) is 0 Å². The van der Waals surface area contributed by atoms with E-state index in [9.17, 15) is 0 Å². The molecular formula is C17H26N2OS. The van der Waals surface area contributed by atoms with Crippen LogP contribution in [0.4, 0.5) is 0 Å². The molecule has 116 valence electrons. The molecule has 0 saturated carbocycles. The van der Waals surface area contributed by atoms with Gasteiger partial charge in [0.15, 0.2) is 0 Å². The number of thiocarbonyl (C=S) groups is 1. The molecule has 0 amide bonds. The van der Waals surface area contributed by atoms with Gasteiger partial charge in [0.25, 0.3) is 0 Å². The molecule has 0 aromatic heterocycles. The van der Waals surface area contributed by atoms with Gasteiger partial charge in [0.05, 0.1) is 6.61 Å². The maximum absolute atomic E-state index is 5.80. The van der Waals surface area contributed by atoms with Gasteiger partial charge in [0, 0.05) is 18.7 Å². The second-order valence-corrected chi connectivity index (χ2v) is 7.08. The molecule has 1 fully saturated rings. The third-order valence-electron chi connectivity index (χ3n) is 3.99. The van der Waals surface area contributed by atoms with Crippen LogP contribution in [0.3, 0.4) is 0 Å². The summed E-state index contributed by atoms with van der Waals surface area (Å²) in [6.07, 6.45) is 3.70. The van der Waals surface area contributed by atoms with Crippen LogP contribution in [0.5, 0.6) is 5.75 Å². The number of hydrogen-bond donors (Lipinski definition) is 1. The third kappa shape index (κ3) is 5.29. The molecule has 1 aromatic carbocycles. The van der Waals surface area contributed by atoms with Crippen molar-refractivity contribution in [1.82, 2.24) is 4.90 Å². The molecule has 1 saturated heterocycles. The minimum atomic E-state index is 0.413. The Morgan fingerprint density at radius 3 is 2.95 bits per heavy atom. The number of likely N-dealkylation sites (tertiary alicyclic amines) is 1. The number of nitrogens with two attached hydrogens (primary N) is 1. The summed E-state index contributed by atoms with van der Waals surface area (Å²) in [7, 11) is 0. The van der Waals surface area contributed by atoms with Crippen LogP contribution in [0, 0.1) is 5.41 Å². The van der Waals surface area contributed by atoms with E-state index in [-0.39, 0.29) is 0 Å². The number of ether oxygens (including phenoxy) is 1. The SMILES string of the molecule is CC1(C)CCCN(CCCOc2cccc(C(N)=S)c2)C1. The summed E-state index contributed by atoms with van der Waals surface area (Å²) in [5.41, 5.74) is 6.95. The van der Waals surface area contributed by atoms with E-state index in [1.807, 2.05) is 24.3 Å². The molecule has 0 unspecified atom stereocenters. The van der Waals surface area contributed by atoms with Crippen molar-refractivity contribution < 1.29 is 4.74 Å². The van der Waals surface area contributed by atoms with Crippen LogP contribution in [-0.4, -0.2) is 36.1 Å². The summed E-state index contributed by atoms with van der Waals surface area (Å²) >= 11 is 4.98. The Balaban J connectivity index is 1.72. The van der Waals surface area contributed by atoms with Crippen molar-refractivity contribution in [2.45, 2.75) is 33.1 Å². The van der Waals surface area contributed by atoms with Gasteiger partial charge in [-0.3, -0.25) is 0 Å². The van der Waals surface area contributed by atoms with E-state index in [0.29, 0.717) is 10.4 Å². The topological polar surface area (TPSA) is 38.5 Å². The molecule has 1 aliphatic heterocycles. The second kappa shape index (κ2) is 7.23. The molecular weight excluding hydrogens is 280 g/mol. The van der Waals surface area contributed by atoms with Gasteiger partial charge in [-0.1, -0.05) is 38.2 Å². The molecule has 1 aromatic rings. The highest BCUT2D eigenvalue weighted by Gasteiger charge is 2.25. The van der Waals surface area contributed by atoms with Crippen LogP contribution in [0.25, 0.3) is 0 Å². The predicted molar refractivity (Wildman–Crippen MR) is 91.9 cm³/mol. The molecule has 1 heterocycles. The summed E-state index contributed by atoms with van der Waals surface area (Å²) < 4.78 is 5.80. The van der Waals surface area contributed by atoms with E-state index >= 15 is 0 Å². The molecule has 0 bridgehead atoms. The van der Waals surface area contributed by atoms with Crippen LogP contribution >= 0.6 is 12.2 Å². The van der Waals surface area contributed by atoms with Crippen molar-refractivity contribution >= 4 is 17.2 Å². The lowest BCUT2D eigenvalue weighted by Gasteiger charge is -2.38. The van der Waals surface area contributed by atoms with Crippen molar-refractivity contribution in [2.24, 2.45) is 11.1 Å². The summed E-state index contributed by atoms with van der Waals surface area (Å²) in [4.78, 5) is 2.97. The van der Waals surface area contributed by atoms with Crippen LogP contribution in [0.2, 0.25) is 0 Å². The van der Waals surface area contributed by atoms with Crippen LogP contribution < -0.4 is 10.5 Å². The zero-order valence-corrected chi connectivity index (χ0v) is 13.9.